The molecule has 2 heterocycles. The normalized spacial score (nSPS) is 17.0. The molecule has 4 rings (SSSR count). The number of carbonyl (C=O) groups is 1. The summed E-state index contributed by atoms with van der Waals surface area (Å²) in [5, 5.41) is 9.13. The maximum atomic E-state index is 13.0. The van der Waals surface area contributed by atoms with E-state index in [1.165, 1.54) is 16.4 Å². The van der Waals surface area contributed by atoms with Crippen LogP contribution in [0.5, 0.6) is 11.5 Å². The van der Waals surface area contributed by atoms with E-state index >= 15 is 0 Å². The number of hydrogen-bond acceptors (Lipinski definition) is 7. The lowest BCUT2D eigenvalue weighted by Gasteiger charge is -2.30. The first kappa shape index (κ1) is 21.2. The molecule has 9 heteroatoms. The molecule has 2 aliphatic heterocycles. The molecule has 2 aromatic rings. The number of ether oxygens (including phenoxy) is 3. The molecule has 0 unspecified atom stereocenters. The van der Waals surface area contributed by atoms with E-state index in [1.54, 1.807) is 30.3 Å². The zero-order valence-electron chi connectivity index (χ0n) is 16.8. The zero-order valence-corrected chi connectivity index (χ0v) is 17.6. The summed E-state index contributed by atoms with van der Waals surface area (Å²) in [7, 11) is -3.70. The average molecular weight is 442 g/mol. The minimum absolute atomic E-state index is 0.0261. The molecule has 0 bridgehead atoms. The Kier molecular flexibility index (Phi) is 6.11. The maximum Gasteiger partial charge on any atom is 0.309 e. The summed E-state index contributed by atoms with van der Waals surface area (Å²) in [4.78, 5) is 12.6. The van der Waals surface area contributed by atoms with Crippen molar-refractivity contribution in [2.75, 3.05) is 26.3 Å². The number of hydrogen-bond donors (Lipinski definition) is 0. The fourth-order valence-corrected chi connectivity index (χ4v) is 5.17. The number of rotatable bonds is 5. The van der Waals surface area contributed by atoms with Crippen molar-refractivity contribution >= 4 is 16.0 Å². The molecule has 2 aromatic carbocycles. The van der Waals surface area contributed by atoms with Crippen LogP contribution in [-0.4, -0.2) is 45.0 Å². The molecule has 0 saturated carbocycles. The predicted octanol–water partition coefficient (Wildman–Crippen LogP) is 2.47. The lowest BCUT2D eigenvalue weighted by molar-refractivity contribution is -0.151. The zero-order chi connectivity index (χ0) is 21.8. The monoisotopic (exact) mass is 442 g/mol. The average Bonchev–Trinajstić information content (AvgIpc) is 2.82. The van der Waals surface area contributed by atoms with Crippen LogP contribution in [0, 0.1) is 17.2 Å². The Morgan fingerprint density at radius 2 is 1.81 bits per heavy atom. The highest BCUT2D eigenvalue weighted by atomic mass is 32.2. The molecule has 0 N–H and O–H groups in total. The first-order valence-corrected chi connectivity index (χ1v) is 11.5. The Bertz CT molecular complexity index is 1120. The van der Waals surface area contributed by atoms with E-state index in [0.29, 0.717) is 48.7 Å². The van der Waals surface area contributed by atoms with Crippen molar-refractivity contribution in [1.29, 1.82) is 5.26 Å². The largest absolute Gasteiger partial charge is 0.486 e. The van der Waals surface area contributed by atoms with E-state index in [-0.39, 0.29) is 36.5 Å². The SMILES string of the molecule is N#Cc1ccccc1COC(=O)C1CCN(S(=O)(=O)c2ccc3c(c2)OCCO3)CC1. The van der Waals surface area contributed by atoms with Gasteiger partial charge in [-0.2, -0.15) is 9.57 Å². The lowest BCUT2D eigenvalue weighted by Crippen LogP contribution is -2.40. The van der Waals surface area contributed by atoms with Crippen LogP contribution < -0.4 is 9.47 Å². The Morgan fingerprint density at radius 1 is 1.10 bits per heavy atom. The maximum absolute atomic E-state index is 13.0. The first-order valence-electron chi connectivity index (χ1n) is 10.0. The number of esters is 1. The van der Waals surface area contributed by atoms with Crippen molar-refractivity contribution < 1.29 is 27.4 Å². The van der Waals surface area contributed by atoms with Crippen molar-refractivity contribution in [2.24, 2.45) is 5.92 Å². The molecule has 1 fully saturated rings. The number of fused-ring (bicyclic) bond motifs is 1. The van der Waals surface area contributed by atoms with Gasteiger partial charge in [0, 0.05) is 24.7 Å². The molecule has 31 heavy (non-hydrogen) atoms. The fraction of sp³-hybridized carbons (Fsp3) is 0.364. The number of benzene rings is 2. The second kappa shape index (κ2) is 8.96. The standard InChI is InChI=1S/C22H22N2O6S/c23-14-17-3-1-2-4-18(17)15-30-22(25)16-7-9-24(10-8-16)31(26,27)19-5-6-20-21(13-19)29-12-11-28-20/h1-6,13,16H,7-12,15H2. The molecular formula is C22H22N2O6S. The van der Waals surface area contributed by atoms with Crippen LogP contribution in [0.15, 0.2) is 47.4 Å². The van der Waals surface area contributed by atoms with Crippen molar-refractivity contribution in [3.8, 4) is 17.6 Å². The van der Waals surface area contributed by atoms with Gasteiger partial charge in [-0.1, -0.05) is 18.2 Å². The summed E-state index contributed by atoms with van der Waals surface area (Å²) in [6, 6.07) is 13.6. The Labute approximate surface area is 181 Å². The molecular weight excluding hydrogens is 420 g/mol. The van der Waals surface area contributed by atoms with E-state index in [0.717, 1.165) is 0 Å². The molecule has 0 radical (unpaired) electrons. The lowest BCUT2D eigenvalue weighted by atomic mass is 9.98. The van der Waals surface area contributed by atoms with Crippen molar-refractivity contribution in [3.63, 3.8) is 0 Å². The third-order valence-corrected chi connectivity index (χ3v) is 7.34. The fourth-order valence-electron chi connectivity index (χ4n) is 3.69. The molecule has 162 valence electrons. The summed E-state index contributed by atoms with van der Waals surface area (Å²) >= 11 is 0. The van der Waals surface area contributed by atoms with Crippen LogP contribution in [0.3, 0.4) is 0 Å². The minimum Gasteiger partial charge on any atom is -0.486 e. The molecule has 1 saturated heterocycles. The van der Waals surface area contributed by atoms with E-state index < -0.39 is 10.0 Å². The first-order chi connectivity index (χ1) is 15.0. The van der Waals surface area contributed by atoms with E-state index in [2.05, 4.69) is 6.07 Å². The predicted molar refractivity (Wildman–Crippen MR) is 110 cm³/mol. The second-order valence-electron chi connectivity index (χ2n) is 7.36. The van der Waals surface area contributed by atoms with Gasteiger partial charge in [0.05, 0.1) is 22.4 Å². The van der Waals surface area contributed by atoms with Crippen molar-refractivity contribution in [1.82, 2.24) is 4.31 Å². The summed E-state index contributed by atoms with van der Waals surface area (Å²) in [6.45, 7) is 1.29. The van der Waals surface area contributed by atoms with Crippen LogP contribution >= 0.6 is 0 Å². The third-order valence-electron chi connectivity index (χ3n) is 5.45. The number of nitrogens with zero attached hydrogens (tertiary/aromatic N) is 2. The van der Waals surface area contributed by atoms with Crippen molar-refractivity contribution in [2.45, 2.75) is 24.3 Å². The van der Waals surface area contributed by atoms with Gasteiger partial charge in [0.25, 0.3) is 0 Å². The van der Waals surface area contributed by atoms with Crippen LogP contribution in [0.4, 0.5) is 0 Å². The van der Waals surface area contributed by atoms with Gasteiger partial charge < -0.3 is 14.2 Å². The quantitative estimate of drug-likeness (QED) is 0.655. The summed E-state index contributed by atoms with van der Waals surface area (Å²) in [5.74, 6) is 0.207. The second-order valence-corrected chi connectivity index (χ2v) is 9.30. The van der Waals surface area contributed by atoms with Crippen LogP contribution in [0.25, 0.3) is 0 Å². The van der Waals surface area contributed by atoms with Gasteiger partial charge in [-0.25, -0.2) is 8.42 Å². The van der Waals surface area contributed by atoms with Gasteiger partial charge in [-0.05, 0) is 31.0 Å². The highest BCUT2D eigenvalue weighted by Gasteiger charge is 2.33. The van der Waals surface area contributed by atoms with Crippen LogP contribution in [0.2, 0.25) is 0 Å². The highest BCUT2D eigenvalue weighted by Crippen LogP contribution is 2.34. The number of piperidine rings is 1. The number of sulfonamides is 1. The number of nitriles is 1. The van der Waals surface area contributed by atoms with Crippen molar-refractivity contribution in [3.05, 3.63) is 53.6 Å². The van der Waals surface area contributed by atoms with Gasteiger partial charge >= 0.3 is 5.97 Å². The van der Waals surface area contributed by atoms with Gasteiger partial charge in [-0.15, -0.1) is 0 Å². The highest BCUT2D eigenvalue weighted by molar-refractivity contribution is 7.89. The summed E-state index contributed by atoms with van der Waals surface area (Å²) in [5.41, 5.74) is 1.12. The Hall–Kier alpha value is -3.09. The van der Waals surface area contributed by atoms with Crippen LogP contribution in [-0.2, 0) is 26.2 Å². The van der Waals surface area contributed by atoms with E-state index in [9.17, 15) is 13.2 Å². The minimum atomic E-state index is -3.70. The molecule has 0 aromatic heterocycles. The van der Waals surface area contributed by atoms with Gasteiger partial charge in [-0.3, -0.25) is 4.79 Å². The molecule has 0 amide bonds. The topological polar surface area (TPSA) is 106 Å². The molecule has 0 spiro atoms. The molecule has 0 atom stereocenters. The molecule has 8 nitrogen and oxygen atoms in total. The smallest absolute Gasteiger partial charge is 0.309 e. The molecule has 0 aliphatic carbocycles. The Balaban J connectivity index is 1.35. The summed E-state index contributed by atoms with van der Waals surface area (Å²) in [6.07, 6.45) is 0.755. The van der Waals surface area contributed by atoms with Gasteiger partial charge in [0.2, 0.25) is 10.0 Å². The Morgan fingerprint density at radius 3 is 2.55 bits per heavy atom. The van der Waals surface area contributed by atoms with Crippen LogP contribution in [0.1, 0.15) is 24.0 Å². The van der Waals surface area contributed by atoms with E-state index in [4.69, 9.17) is 19.5 Å². The summed E-state index contributed by atoms with van der Waals surface area (Å²) < 4.78 is 43.7. The third kappa shape index (κ3) is 4.50. The van der Waals surface area contributed by atoms with E-state index in [1.807, 2.05) is 0 Å². The van der Waals surface area contributed by atoms with Gasteiger partial charge in [0.1, 0.15) is 19.8 Å². The molecule has 2 aliphatic rings. The van der Waals surface area contributed by atoms with Gasteiger partial charge in [0.15, 0.2) is 11.5 Å². The number of carbonyl (C=O) groups excluding carboxylic acids is 1.